The van der Waals surface area contributed by atoms with Crippen LogP contribution in [-0.4, -0.2) is 8.07 Å². The molecule has 0 N–H and O–H groups in total. The summed E-state index contributed by atoms with van der Waals surface area (Å²) in [6.07, 6.45) is 0. The van der Waals surface area contributed by atoms with E-state index in [0.29, 0.717) is 5.56 Å². The second-order valence-electron chi connectivity index (χ2n) is 5.06. The molecule has 0 saturated carbocycles. The number of hydrogen-bond donors (Lipinski definition) is 0. The van der Waals surface area contributed by atoms with Crippen LogP contribution in [0.5, 0.6) is 0 Å². The van der Waals surface area contributed by atoms with E-state index in [0.717, 1.165) is 0 Å². The van der Waals surface area contributed by atoms with Crippen LogP contribution in [0.25, 0.3) is 0 Å². The van der Waals surface area contributed by atoms with Crippen molar-refractivity contribution in [1.82, 2.24) is 0 Å². The highest BCUT2D eigenvalue weighted by Crippen LogP contribution is 2.30. The van der Waals surface area contributed by atoms with E-state index in [-0.39, 0.29) is 11.1 Å². The minimum Gasteiger partial charge on any atom is -0.207 e. The van der Waals surface area contributed by atoms with Gasteiger partial charge in [-0.25, -0.2) is 8.78 Å². The Morgan fingerprint density at radius 1 is 1.13 bits per heavy atom. The van der Waals surface area contributed by atoms with Crippen LogP contribution in [0.3, 0.4) is 0 Å². The largest absolute Gasteiger partial charge is 0.207 e. The zero-order chi connectivity index (χ0) is 11.8. The molecule has 1 aromatic carbocycles. The standard InChI is InChI=1S/C12H17F2Si/c1-8-6-10(13)12(11(14)7-8)9(2)15(3,4)5/h6-7,9H,2H2,1,3-5H3. The minimum atomic E-state index is -1.67. The Bertz CT molecular complexity index is 343. The summed E-state index contributed by atoms with van der Waals surface area (Å²) in [7, 11) is -1.67. The zero-order valence-corrected chi connectivity index (χ0v) is 10.7. The van der Waals surface area contributed by atoms with E-state index in [2.05, 4.69) is 26.6 Å². The Balaban J connectivity index is 3.26. The number of halogens is 2. The number of hydrogen-bond acceptors (Lipinski definition) is 0. The second-order valence-corrected chi connectivity index (χ2v) is 10.5. The van der Waals surface area contributed by atoms with Gasteiger partial charge in [0.1, 0.15) is 11.6 Å². The molecule has 0 amide bonds. The Labute approximate surface area is 91.3 Å². The topological polar surface area (TPSA) is 0 Å². The molecule has 0 saturated heterocycles. The average Bonchev–Trinajstić information content (AvgIpc) is 1.99. The van der Waals surface area contributed by atoms with E-state index in [1.165, 1.54) is 12.1 Å². The van der Waals surface area contributed by atoms with Crippen molar-refractivity contribution in [2.24, 2.45) is 0 Å². The Hall–Kier alpha value is -0.703. The fraction of sp³-hybridized carbons (Fsp3) is 0.417. The molecule has 0 aliphatic rings. The Morgan fingerprint density at radius 3 is 1.87 bits per heavy atom. The van der Waals surface area contributed by atoms with Crippen LogP contribution in [0.1, 0.15) is 16.7 Å². The first-order valence-corrected chi connectivity index (χ1v) is 8.60. The molecule has 1 radical (unpaired) electrons. The third-order valence-electron chi connectivity index (χ3n) is 2.62. The van der Waals surface area contributed by atoms with Crippen molar-refractivity contribution in [3.05, 3.63) is 41.8 Å². The number of aryl methyl sites for hydroxylation is 1. The molecule has 1 unspecified atom stereocenters. The van der Waals surface area contributed by atoms with Gasteiger partial charge < -0.3 is 0 Å². The molecule has 0 bridgehead atoms. The summed E-state index contributed by atoms with van der Waals surface area (Å²) in [6, 6.07) is 2.74. The summed E-state index contributed by atoms with van der Waals surface area (Å²) in [5, 5.41) is 0. The Morgan fingerprint density at radius 2 is 1.53 bits per heavy atom. The van der Waals surface area contributed by atoms with E-state index in [1.807, 2.05) is 0 Å². The summed E-state index contributed by atoms with van der Waals surface area (Å²) in [6.45, 7) is 11.8. The van der Waals surface area contributed by atoms with Crippen LogP contribution in [0.4, 0.5) is 8.78 Å². The molecule has 0 spiro atoms. The van der Waals surface area contributed by atoms with E-state index < -0.39 is 19.7 Å². The molecule has 0 aliphatic carbocycles. The molecule has 1 rings (SSSR count). The van der Waals surface area contributed by atoms with E-state index in [9.17, 15) is 8.78 Å². The van der Waals surface area contributed by atoms with Gasteiger partial charge >= 0.3 is 0 Å². The quantitative estimate of drug-likeness (QED) is 0.668. The van der Waals surface area contributed by atoms with Crippen molar-refractivity contribution in [3.8, 4) is 0 Å². The summed E-state index contributed by atoms with van der Waals surface area (Å²) >= 11 is 0. The van der Waals surface area contributed by atoms with Gasteiger partial charge in [0.15, 0.2) is 0 Å². The normalized spacial score (nSPS) is 14.1. The van der Waals surface area contributed by atoms with Gasteiger partial charge in [-0.05, 0) is 37.1 Å². The molecule has 1 atom stereocenters. The smallest absolute Gasteiger partial charge is 0.129 e. The highest BCUT2D eigenvalue weighted by molar-refractivity contribution is 6.77. The van der Waals surface area contributed by atoms with Crippen molar-refractivity contribution < 1.29 is 8.78 Å². The summed E-state index contributed by atoms with van der Waals surface area (Å²) in [4.78, 5) is 0. The highest BCUT2D eigenvalue weighted by atomic mass is 28.3. The van der Waals surface area contributed by atoms with Crippen molar-refractivity contribution in [2.75, 3.05) is 0 Å². The van der Waals surface area contributed by atoms with Gasteiger partial charge in [-0.1, -0.05) is 19.6 Å². The maximum absolute atomic E-state index is 13.6. The van der Waals surface area contributed by atoms with Crippen LogP contribution in [0.2, 0.25) is 19.6 Å². The van der Waals surface area contributed by atoms with E-state index in [1.54, 1.807) is 6.92 Å². The molecule has 83 valence electrons. The predicted octanol–water partition coefficient (Wildman–Crippen LogP) is 4.07. The third kappa shape index (κ3) is 2.65. The van der Waals surface area contributed by atoms with Gasteiger partial charge in [0.25, 0.3) is 0 Å². The minimum absolute atomic E-state index is 0.153. The zero-order valence-electron chi connectivity index (χ0n) is 9.70. The lowest BCUT2D eigenvalue weighted by Gasteiger charge is -2.26. The van der Waals surface area contributed by atoms with Crippen molar-refractivity contribution in [1.29, 1.82) is 0 Å². The second kappa shape index (κ2) is 4.04. The molecule has 0 nitrogen and oxygen atoms in total. The lowest BCUT2D eigenvalue weighted by atomic mass is 10.1. The molecular weight excluding hydrogens is 210 g/mol. The van der Waals surface area contributed by atoms with Gasteiger partial charge in [0.2, 0.25) is 0 Å². The highest BCUT2D eigenvalue weighted by Gasteiger charge is 2.28. The molecule has 1 aromatic rings. The first kappa shape index (κ1) is 12.4. The van der Waals surface area contributed by atoms with Crippen LogP contribution in [0, 0.1) is 25.5 Å². The fourth-order valence-corrected chi connectivity index (χ4v) is 2.62. The van der Waals surface area contributed by atoms with Crippen LogP contribution in [0.15, 0.2) is 12.1 Å². The maximum Gasteiger partial charge on any atom is 0.129 e. The van der Waals surface area contributed by atoms with Crippen molar-refractivity contribution in [3.63, 3.8) is 0 Å². The molecule has 0 aromatic heterocycles. The SMILES string of the molecule is [CH2]C(c1c(F)cc(C)cc1F)[Si](C)(C)C. The van der Waals surface area contributed by atoms with Gasteiger partial charge in [0, 0.05) is 5.56 Å². The fourth-order valence-electron chi connectivity index (χ4n) is 1.48. The first-order valence-electron chi connectivity index (χ1n) is 5.02. The van der Waals surface area contributed by atoms with Gasteiger partial charge in [-0.15, -0.1) is 0 Å². The lowest BCUT2D eigenvalue weighted by molar-refractivity contribution is 0.556. The van der Waals surface area contributed by atoms with Crippen LogP contribution < -0.4 is 0 Å². The van der Waals surface area contributed by atoms with Gasteiger partial charge in [-0.2, -0.15) is 0 Å². The molecule has 15 heavy (non-hydrogen) atoms. The first-order chi connectivity index (χ1) is 6.73. The van der Waals surface area contributed by atoms with Crippen LogP contribution in [-0.2, 0) is 0 Å². The number of benzene rings is 1. The van der Waals surface area contributed by atoms with E-state index in [4.69, 9.17) is 0 Å². The number of rotatable bonds is 2. The molecule has 3 heteroatoms. The van der Waals surface area contributed by atoms with Gasteiger partial charge in [-0.3, -0.25) is 0 Å². The Kier molecular flexibility index (Phi) is 3.33. The third-order valence-corrected chi connectivity index (χ3v) is 5.00. The molecule has 0 aliphatic heterocycles. The van der Waals surface area contributed by atoms with Crippen molar-refractivity contribution >= 4 is 8.07 Å². The van der Waals surface area contributed by atoms with Gasteiger partial charge in [0.05, 0.1) is 8.07 Å². The van der Waals surface area contributed by atoms with Crippen LogP contribution >= 0.6 is 0 Å². The molecular formula is C12H17F2Si. The average molecular weight is 227 g/mol. The lowest BCUT2D eigenvalue weighted by Crippen LogP contribution is -2.30. The van der Waals surface area contributed by atoms with E-state index >= 15 is 0 Å². The predicted molar refractivity (Wildman–Crippen MR) is 62.5 cm³/mol. The summed E-state index contributed by atoms with van der Waals surface area (Å²) in [5.74, 6) is -0.926. The monoisotopic (exact) mass is 227 g/mol. The summed E-state index contributed by atoms with van der Waals surface area (Å²) < 4.78 is 27.3. The molecule has 0 fully saturated rings. The van der Waals surface area contributed by atoms with Crippen molar-refractivity contribution in [2.45, 2.75) is 32.1 Å². The summed E-state index contributed by atoms with van der Waals surface area (Å²) in [5.41, 5.74) is 0.509. The maximum atomic E-state index is 13.6. The molecule has 0 heterocycles.